The number of hydrogen-bond acceptors (Lipinski definition) is 5. The van der Waals surface area contributed by atoms with Crippen LogP contribution in [0, 0.1) is 10.1 Å². The molecular formula is C15H18ClN3O3S. The van der Waals surface area contributed by atoms with Crippen molar-refractivity contribution >= 4 is 45.4 Å². The highest BCUT2D eigenvalue weighted by molar-refractivity contribution is 7.20. The summed E-state index contributed by atoms with van der Waals surface area (Å²) in [5.41, 5.74) is 0.0458. The quantitative estimate of drug-likeness (QED) is 0.654. The van der Waals surface area contributed by atoms with Gasteiger partial charge in [-0.25, -0.2) is 0 Å². The van der Waals surface area contributed by atoms with Gasteiger partial charge in [-0.15, -0.1) is 23.7 Å². The highest BCUT2D eigenvalue weighted by Crippen LogP contribution is 2.29. The highest BCUT2D eigenvalue weighted by atomic mass is 35.5. The van der Waals surface area contributed by atoms with Gasteiger partial charge in [-0.05, 0) is 38.4 Å². The normalized spacial score (nSPS) is 20.7. The summed E-state index contributed by atoms with van der Waals surface area (Å²) in [5.74, 6) is -0.0945. The maximum absolute atomic E-state index is 12.4. The van der Waals surface area contributed by atoms with Crippen LogP contribution in [-0.4, -0.2) is 29.5 Å². The number of rotatable bonds is 3. The Labute approximate surface area is 143 Å². The summed E-state index contributed by atoms with van der Waals surface area (Å²) in [6, 6.07) is 6.99. The Morgan fingerprint density at radius 2 is 2.22 bits per heavy atom. The number of fused-ring (bicyclic) bond motifs is 1. The number of carbonyl (C=O) groups excluding carboxylic acids is 1. The first-order valence-electron chi connectivity index (χ1n) is 7.25. The van der Waals surface area contributed by atoms with Crippen LogP contribution >= 0.6 is 23.7 Å². The van der Waals surface area contributed by atoms with Crippen molar-refractivity contribution in [3.8, 4) is 0 Å². The third-order valence-electron chi connectivity index (χ3n) is 3.89. The molecule has 0 bridgehead atoms. The lowest BCUT2D eigenvalue weighted by Gasteiger charge is -2.28. The van der Waals surface area contributed by atoms with Crippen molar-refractivity contribution < 1.29 is 9.72 Å². The van der Waals surface area contributed by atoms with Gasteiger partial charge in [0, 0.05) is 34.3 Å². The molecular weight excluding hydrogens is 338 g/mol. The Morgan fingerprint density at radius 1 is 1.43 bits per heavy atom. The monoisotopic (exact) mass is 355 g/mol. The van der Waals surface area contributed by atoms with Gasteiger partial charge in [-0.1, -0.05) is 0 Å². The number of nitrogens with zero attached hydrogens (tertiary/aromatic N) is 1. The molecule has 1 aliphatic heterocycles. The molecule has 1 aromatic carbocycles. The van der Waals surface area contributed by atoms with Gasteiger partial charge in [0.2, 0.25) is 0 Å². The maximum Gasteiger partial charge on any atom is 0.270 e. The predicted molar refractivity (Wildman–Crippen MR) is 93.7 cm³/mol. The molecule has 23 heavy (non-hydrogen) atoms. The first-order valence-corrected chi connectivity index (χ1v) is 8.07. The van der Waals surface area contributed by atoms with Crippen LogP contribution in [0.2, 0.25) is 0 Å². The number of piperidine rings is 1. The molecule has 0 spiro atoms. The van der Waals surface area contributed by atoms with Crippen molar-refractivity contribution in [2.45, 2.75) is 31.8 Å². The molecule has 3 rings (SSSR count). The van der Waals surface area contributed by atoms with E-state index in [2.05, 4.69) is 17.6 Å². The third-order valence-corrected chi connectivity index (χ3v) is 5.01. The second-order valence-corrected chi connectivity index (χ2v) is 6.72. The third kappa shape index (κ3) is 3.99. The molecule has 0 radical (unpaired) electrons. The fraction of sp³-hybridized carbons (Fsp3) is 0.400. The van der Waals surface area contributed by atoms with Crippen LogP contribution in [0.1, 0.15) is 29.4 Å². The number of nitro benzene ring substituents is 1. The van der Waals surface area contributed by atoms with Gasteiger partial charge in [0.1, 0.15) is 0 Å². The number of hydrogen-bond donors (Lipinski definition) is 2. The molecule has 0 aliphatic carbocycles. The van der Waals surface area contributed by atoms with Crippen LogP contribution in [0.25, 0.3) is 10.1 Å². The molecule has 1 amide bonds. The lowest BCUT2D eigenvalue weighted by atomic mass is 10.0. The Hall–Kier alpha value is -1.70. The molecule has 0 saturated carbocycles. The van der Waals surface area contributed by atoms with Crippen LogP contribution in [0.5, 0.6) is 0 Å². The van der Waals surface area contributed by atoms with Gasteiger partial charge in [0.15, 0.2) is 0 Å². The molecule has 124 valence electrons. The van der Waals surface area contributed by atoms with E-state index in [0.717, 1.165) is 29.5 Å². The Kier molecular flexibility index (Phi) is 5.56. The van der Waals surface area contributed by atoms with E-state index in [-0.39, 0.29) is 30.0 Å². The van der Waals surface area contributed by atoms with Gasteiger partial charge in [-0.3, -0.25) is 14.9 Å². The summed E-state index contributed by atoms with van der Waals surface area (Å²) in [5, 5.41) is 18.0. The first-order chi connectivity index (χ1) is 10.5. The molecule has 8 heteroatoms. The van der Waals surface area contributed by atoms with Gasteiger partial charge in [0.25, 0.3) is 11.6 Å². The summed E-state index contributed by atoms with van der Waals surface area (Å²) in [6.45, 7) is 3.02. The minimum absolute atomic E-state index is 0. The van der Waals surface area contributed by atoms with Crippen LogP contribution in [0.4, 0.5) is 5.69 Å². The van der Waals surface area contributed by atoms with E-state index in [4.69, 9.17) is 0 Å². The minimum atomic E-state index is -0.423. The van der Waals surface area contributed by atoms with E-state index in [1.54, 1.807) is 12.1 Å². The smallest absolute Gasteiger partial charge is 0.270 e. The summed E-state index contributed by atoms with van der Waals surface area (Å²) in [4.78, 5) is 23.3. The molecule has 1 aromatic heterocycles. The van der Waals surface area contributed by atoms with E-state index in [9.17, 15) is 14.9 Å². The molecule has 2 aromatic rings. The van der Waals surface area contributed by atoms with E-state index in [1.807, 2.05) is 0 Å². The highest BCUT2D eigenvalue weighted by Gasteiger charge is 2.21. The summed E-state index contributed by atoms with van der Waals surface area (Å²) < 4.78 is 0.884. The number of nitro groups is 1. The zero-order chi connectivity index (χ0) is 15.7. The van der Waals surface area contributed by atoms with Crippen LogP contribution in [-0.2, 0) is 0 Å². The van der Waals surface area contributed by atoms with E-state index < -0.39 is 4.92 Å². The van der Waals surface area contributed by atoms with Crippen molar-refractivity contribution in [2.75, 3.05) is 6.54 Å². The fourth-order valence-electron chi connectivity index (χ4n) is 2.78. The molecule has 2 unspecified atom stereocenters. The number of benzene rings is 1. The molecule has 2 heterocycles. The van der Waals surface area contributed by atoms with Crippen LogP contribution in [0.3, 0.4) is 0 Å². The van der Waals surface area contributed by atoms with Crippen molar-refractivity contribution in [1.82, 2.24) is 10.6 Å². The number of nitrogens with one attached hydrogen (secondary N) is 2. The van der Waals surface area contributed by atoms with Crippen molar-refractivity contribution in [3.05, 3.63) is 39.3 Å². The summed E-state index contributed by atoms with van der Waals surface area (Å²) in [6.07, 6.45) is 1.84. The van der Waals surface area contributed by atoms with E-state index in [1.165, 1.54) is 23.5 Å². The van der Waals surface area contributed by atoms with Gasteiger partial charge in [0.05, 0.1) is 9.80 Å². The fourth-order valence-corrected chi connectivity index (χ4v) is 3.72. The van der Waals surface area contributed by atoms with Gasteiger partial charge >= 0.3 is 0 Å². The zero-order valence-electron chi connectivity index (χ0n) is 12.6. The largest absolute Gasteiger partial charge is 0.349 e. The average molecular weight is 356 g/mol. The second-order valence-electron chi connectivity index (χ2n) is 5.64. The SMILES string of the molecule is CC1CC(NC(=O)c2cc3cc([N+](=O)[O-])ccc3s2)CCN1.Cl. The molecule has 1 saturated heterocycles. The maximum atomic E-state index is 12.4. The number of non-ortho nitro benzene ring substituents is 1. The molecule has 6 nitrogen and oxygen atoms in total. The zero-order valence-corrected chi connectivity index (χ0v) is 14.2. The van der Waals surface area contributed by atoms with E-state index >= 15 is 0 Å². The summed E-state index contributed by atoms with van der Waals surface area (Å²) in [7, 11) is 0. The average Bonchev–Trinajstić information content (AvgIpc) is 2.90. The van der Waals surface area contributed by atoms with Crippen molar-refractivity contribution in [1.29, 1.82) is 0 Å². The standard InChI is InChI=1S/C15H17N3O3S.ClH/c1-9-6-11(4-5-16-9)17-15(19)14-8-10-7-12(18(20)21)2-3-13(10)22-14;/h2-3,7-9,11,16H,4-6H2,1H3,(H,17,19);1H. The number of thiophene rings is 1. The number of halogens is 1. The topological polar surface area (TPSA) is 84.3 Å². The molecule has 1 aliphatic rings. The minimum Gasteiger partial charge on any atom is -0.349 e. The molecule has 2 atom stereocenters. The lowest BCUT2D eigenvalue weighted by molar-refractivity contribution is -0.384. The van der Waals surface area contributed by atoms with Crippen LogP contribution in [0.15, 0.2) is 24.3 Å². The van der Waals surface area contributed by atoms with Crippen LogP contribution < -0.4 is 10.6 Å². The van der Waals surface area contributed by atoms with Gasteiger partial charge in [-0.2, -0.15) is 0 Å². The molecule has 2 N–H and O–H groups in total. The Morgan fingerprint density at radius 3 is 2.91 bits per heavy atom. The number of carbonyl (C=O) groups is 1. The first kappa shape index (κ1) is 17.7. The Bertz CT molecular complexity index is 734. The predicted octanol–water partition coefficient (Wildman–Crippen LogP) is 3.10. The Balaban J connectivity index is 0.00000192. The second kappa shape index (κ2) is 7.25. The van der Waals surface area contributed by atoms with Crippen molar-refractivity contribution in [2.24, 2.45) is 0 Å². The lowest BCUT2D eigenvalue weighted by Crippen LogP contribution is -2.46. The van der Waals surface area contributed by atoms with E-state index in [0.29, 0.717) is 10.9 Å². The summed E-state index contributed by atoms with van der Waals surface area (Å²) >= 11 is 1.36. The van der Waals surface area contributed by atoms with Gasteiger partial charge < -0.3 is 10.6 Å². The molecule has 1 fully saturated rings. The van der Waals surface area contributed by atoms with Crippen molar-refractivity contribution in [3.63, 3.8) is 0 Å². The number of amides is 1.